The van der Waals surface area contributed by atoms with Crippen LogP contribution in [0, 0.1) is 12.7 Å². The monoisotopic (exact) mass is 358 g/mol. The second-order valence-corrected chi connectivity index (χ2v) is 6.22. The lowest BCUT2D eigenvalue weighted by Crippen LogP contribution is -2.55. The van der Waals surface area contributed by atoms with Gasteiger partial charge in [-0.2, -0.15) is 0 Å². The molecule has 5 nitrogen and oxygen atoms in total. The van der Waals surface area contributed by atoms with Gasteiger partial charge in [0.05, 0.1) is 16.4 Å². The molecule has 0 spiro atoms. The van der Waals surface area contributed by atoms with E-state index in [9.17, 15) is 14.0 Å². The number of nitrogens with one attached hydrogen (secondary N) is 2. The molecule has 2 amide bonds. The molecule has 1 aliphatic carbocycles. The molecule has 1 fully saturated rings. The molecule has 1 aromatic rings. The summed E-state index contributed by atoms with van der Waals surface area (Å²) < 4.78 is 13.8. The lowest BCUT2D eigenvalue weighted by atomic mass is 9.74. The molecule has 0 atom stereocenters. The fraction of sp³-hybridized carbons (Fsp3) is 0.429. The lowest BCUT2D eigenvalue weighted by molar-refractivity contribution is -0.139. The van der Waals surface area contributed by atoms with Gasteiger partial charge in [0.2, 0.25) is 0 Å². The first-order valence-corrected chi connectivity index (χ1v) is 7.37. The highest BCUT2D eigenvalue weighted by Gasteiger charge is 2.40. The molecule has 21 heavy (non-hydrogen) atoms. The standard InChI is InChI=1S/C14H16BrFN2O3/c1-8-5-9(15)10(16)6-11(8)17-13(21)18-14(3-2-4-14)7-12(19)20/h5-6H,2-4,7H2,1H3,(H,19,20)(H2,17,18,21). The quantitative estimate of drug-likeness (QED) is 0.771. The fourth-order valence-corrected chi connectivity index (χ4v) is 2.87. The number of amides is 2. The number of benzene rings is 1. The van der Waals surface area contributed by atoms with E-state index in [0.717, 1.165) is 6.42 Å². The van der Waals surface area contributed by atoms with E-state index in [1.165, 1.54) is 6.07 Å². The van der Waals surface area contributed by atoms with Crippen LogP contribution in [0.15, 0.2) is 16.6 Å². The highest BCUT2D eigenvalue weighted by molar-refractivity contribution is 9.10. The number of hydrogen-bond donors (Lipinski definition) is 3. The van der Waals surface area contributed by atoms with Crippen molar-refractivity contribution in [2.45, 2.75) is 38.1 Å². The van der Waals surface area contributed by atoms with E-state index in [2.05, 4.69) is 26.6 Å². The first-order valence-electron chi connectivity index (χ1n) is 6.58. The van der Waals surface area contributed by atoms with Crippen LogP contribution in [0.4, 0.5) is 14.9 Å². The summed E-state index contributed by atoms with van der Waals surface area (Å²) in [6.45, 7) is 1.75. The maximum absolute atomic E-state index is 13.5. The number of carboxylic acids is 1. The van der Waals surface area contributed by atoms with Crippen molar-refractivity contribution >= 4 is 33.6 Å². The van der Waals surface area contributed by atoms with Crippen molar-refractivity contribution in [3.8, 4) is 0 Å². The van der Waals surface area contributed by atoms with E-state index in [-0.39, 0.29) is 6.42 Å². The van der Waals surface area contributed by atoms with Gasteiger partial charge in [-0.1, -0.05) is 0 Å². The van der Waals surface area contributed by atoms with Crippen LogP contribution < -0.4 is 10.6 Å². The van der Waals surface area contributed by atoms with Crippen LogP contribution in [0.3, 0.4) is 0 Å². The zero-order valence-corrected chi connectivity index (χ0v) is 13.1. The highest BCUT2D eigenvalue weighted by Crippen LogP contribution is 2.35. The molecule has 1 aromatic carbocycles. The normalized spacial score (nSPS) is 16.0. The molecule has 0 aliphatic heterocycles. The zero-order chi connectivity index (χ0) is 15.6. The highest BCUT2D eigenvalue weighted by atomic mass is 79.9. The minimum Gasteiger partial charge on any atom is -0.481 e. The average molecular weight is 359 g/mol. The van der Waals surface area contributed by atoms with Gasteiger partial charge >= 0.3 is 12.0 Å². The number of carboxylic acid groups (broad SMARTS) is 1. The summed E-state index contributed by atoms with van der Waals surface area (Å²) in [6.07, 6.45) is 2.06. The van der Waals surface area contributed by atoms with Crippen molar-refractivity contribution in [2.75, 3.05) is 5.32 Å². The number of anilines is 1. The lowest BCUT2D eigenvalue weighted by Gasteiger charge is -2.41. The van der Waals surface area contributed by atoms with E-state index in [1.807, 2.05) is 0 Å². The van der Waals surface area contributed by atoms with E-state index >= 15 is 0 Å². The third kappa shape index (κ3) is 3.72. The summed E-state index contributed by atoms with van der Waals surface area (Å²) in [5.41, 5.74) is 0.384. The van der Waals surface area contributed by atoms with Crippen LogP contribution in [0.2, 0.25) is 0 Å². The molecule has 1 saturated carbocycles. The van der Waals surface area contributed by atoms with Gasteiger partial charge in [-0.3, -0.25) is 4.79 Å². The molecule has 1 aliphatic rings. The summed E-state index contributed by atoms with van der Waals surface area (Å²) >= 11 is 3.07. The third-order valence-corrected chi connectivity index (χ3v) is 4.30. The number of urea groups is 1. The number of aliphatic carboxylic acids is 1. The molecule has 114 valence electrons. The predicted molar refractivity (Wildman–Crippen MR) is 79.8 cm³/mol. The van der Waals surface area contributed by atoms with Crippen LogP contribution in [0.25, 0.3) is 0 Å². The Labute approximate surface area is 130 Å². The number of halogens is 2. The van der Waals surface area contributed by atoms with Gasteiger partial charge in [0, 0.05) is 5.69 Å². The minimum absolute atomic E-state index is 0.103. The van der Waals surface area contributed by atoms with Gasteiger partial charge in [-0.15, -0.1) is 0 Å². The van der Waals surface area contributed by atoms with E-state index in [1.54, 1.807) is 13.0 Å². The van der Waals surface area contributed by atoms with Crippen molar-refractivity contribution in [1.29, 1.82) is 0 Å². The van der Waals surface area contributed by atoms with Gasteiger partial charge in [0.25, 0.3) is 0 Å². The molecule has 0 heterocycles. The molecule has 7 heteroatoms. The van der Waals surface area contributed by atoms with E-state index < -0.39 is 23.4 Å². The maximum atomic E-state index is 13.5. The molecular formula is C14H16BrFN2O3. The third-order valence-electron chi connectivity index (χ3n) is 3.69. The molecule has 0 unspecified atom stereocenters. The summed E-state index contributed by atoms with van der Waals surface area (Å²) in [7, 11) is 0. The summed E-state index contributed by atoms with van der Waals surface area (Å²) in [6, 6.07) is 2.28. The fourth-order valence-electron chi connectivity index (χ4n) is 2.41. The van der Waals surface area contributed by atoms with Crippen molar-refractivity contribution in [3.05, 3.63) is 28.0 Å². The van der Waals surface area contributed by atoms with Gasteiger partial charge < -0.3 is 15.7 Å². The molecule has 0 bridgehead atoms. The Balaban J connectivity index is 2.05. The Morgan fingerprint density at radius 2 is 2.10 bits per heavy atom. The van der Waals surface area contributed by atoms with Gasteiger partial charge in [0.1, 0.15) is 5.82 Å². The number of rotatable bonds is 4. The number of carbonyl (C=O) groups is 2. The van der Waals surface area contributed by atoms with E-state index in [0.29, 0.717) is 28.6 Å². The maximum Gasteiger partial charge on any atom is 0.319 e. The Morgan fingerprint density at radius 1 is 1.43 bits per heavy atom. The van der Waals surface area contributed by atoms with Crippen molar-refractivity contribution < 1.29 is 19.1 Å². The van der Waals surface area contributed by atoms with Crippen LogP contribution >= 0.6 is 15.9 Å². The van der Waals surface area contributed by atoms with Gasteiger partial charge in [-0.05, 0) is 59.8 Å². The topological polar surface area (TPSA) is 78.4 Å². The minimum atomic E-state index is -0.944. The van der Waals surface area contributed by atoms with Gasteiger partial charge in [0.15, 0.2) is 0 Å². The molecule has 0 radical (unpaired) electrons. The summed E-state index contributed by atoms with van der Waals surface area (Å²) in [5.74, 6) is -1.42. The van der Waals surface area contributed by atoms with Crippen LogP contribution in [0.5, 0.6) is 0 Å². The van der Waals surface area contributed by atoms with Crippen LogP contribution in [0.1, 0.15) is 31.2 Å². The van der Waals surface area contributed by atoms with Crippen LogP contribution in [-0.2, 0) is 4.79 Å². The number of carbonyl (C=O) groups excluding carboxylic acids is 1. The Kier molecular flexibility index (Phi) is 4.51. The SMILES string of the molecule is Cc1cc(Br)c(F)cc1NC(=O)NC1(CC(=O)O)CCC1. The smallest absolute Gasteiger partial charge is 0.319 e. The molecule has 3 N–H and O–H groups in total. The van der Waals surface area contributed by atoms with Gasteiger partial charge in [-0.25, -0.2) is 9.18 Å². The molecular weight excluding hydrogens is 343 g/mol. The van der Waals surface area contributed by atoms with Crippen LogP contribution in [-0.4, -0.2) is 22.6 Å². The first kappa shape index (κ1) is 15.8. The summed E-state index contributed by atoms with van der Waals surface area (Å²) in [4.78, 5) is 22.9. The predicted octanol–water partition coefficient (Wildman–Crippen LogP) is 3.42. The van der Waals surface area contributed by atoms with Crippen molar-refractivity contribution in [3.63, 3.8) is 0 Å². The van der Waals surface area contributed by atoms with Crippen molar-refractivity contribution in [2.24, 2.45) is 0 Å². The molecule has 0 aromatic heterocycles. The average Bonchev–Trinajstić information content (AvgIpc) is 2.32. The van der Waals surface area contributed by atoms with Crippen molar-refractivity contribution in [1.82, 2.24) is 5.32 Å². The molecule has 0 saturated heterocycles. The first-order chi connectivity index (χ1) is 9.81. The molecule has 2 rings (SSSR count). The Hall–Kier alpha value is -1.63. The van der Waals surface area contributed by atoms with E-state index in [4.69, 9.17) is 5.11 Å². The zero-order valence-electron chi connectivity index (χ0n) is 11.5. The number of hydrogen-bond acceptors (Lipinski definition) is 2. The summed E-state index contributed by atoms with van der Waals surface area (Å²) in [5, 5.41) is 14.2. The second-order valence-electron chi connectivity index (χ2n) is 5.36. The number of aryl methyl sites for hydroxylation is 1. The largest absolute Gasteiger partial charge is 0.481 e. The Bertz CT molecular complexity index is 588. The Morgan fingerprint density at radius 3 is 2.62 bits per heavy atom. The second kappa shape index (κ2) is 6.01.